The highest BCUT2D eigenvalue weighted by Crippen LogP contribution is 2.21. The van der Waals surface area contributed by atoms with Crippen LogP contribution in [-0.2, 0) is 10.0 Å². The standard InChI is InChI=1S/C13H15N3O4S/c17-12-10-7-9(5-6-11(10)14-13(18)15-12)21(19,20)16-8-3-1-2-4-8/h5-8,16H,1-4H2,(H2,14,15,17,18). The maximum Gasteiger partial charge on any atom is 0.326 e. The molecule has 1 fully saturated rings. The van der Waals surface area contributed by atoms with Gasteiger partial charge in [-0.05, 0) is 31.0 Å². The van der Waals surface area contributed by atoms with E-state index in [1.165, 1.54) is 18.2 Å². The van der Waals surface area contributed by atoms with Crippen molar-refractivity contribution in [2.45, 2.75) is 36.6 Å². The van der Waals surface area contributed by atoms with Crippen molar-refractivity contribution in [2.75, 3.05) is 0 Å². The molecule has 0 saturated heterocycles. The van der Waals surface area contributed by atoms with Gasteiger partial charge in [0, 0.05) is 6.04 Å². The van der Waals surface area contributed by atoms with Gasteiger partial charge in [0.2, 0.25) is 10.0 Å². The Bertz CT molecular complexity index is 892. The highest BCUT2D eigenvalue weighted by atomic mass is 32.2. The molecule has 3 N–H and O–H groups in total. The number of hydrogen-bond donors (Lipinski definition) is 3. The summed E-state index contributed by atoms with van der Waals surface area (Å²) in [6.45, 7) is 0. The fourth-order valence-corrected chi connectivity index (χ4v) is 3.97. The van der Waals surface area contributed by atoms with E-state index in [9.17, 15) is 18.0 Å². The van der Waals surface area contributed by atoms with E-state index in [1.54, 1.807) is 0 Å². The molecule has 0 radical (unpaired) electrons. The summed E-state index contributed by atoms with van der Waals surface area (Å²) in [6, 6.07) is 4.05. The van der Waals surface area contributed by atoms with Crippen LogP contribution in [0.25, 0.3) is 10.9 Å². The van der Waals surface area contributed by atoms with Gasteiger partial charge in [0.25, 0.3) is 5.56 Å². The quantitative estimate of drug-likeness (QED) is 0.763. The lowest BCUT2D eigenvalue weighted by Crippen LogP contribution is -2.32. The lowest BCUT2D eigenvalue weighted by Gasteiger charge is -2.12. The smallest absolute Gasteiger partial charge is 0.307 e. The van der Waals surface area contributed by atoms with Crippen LogP contribution in [0.1, 0.15) is 25.7 Å². The molecule has 0 bridgehead atoms. The van der Waals surface area contributed by atoms with Crippen LogP contribution in [0.5, 0.6) is 0 Å². The molecule has 0 unspecified atom stereocenters. The Labute approximate surface area is 120 Å². The van der Waals surface area contributed by atoms with E-state index in [4.69, 9.17) is 0 Å². The van der Waals surface area contributed by atoms with E-state index in [0.29, 0.717) is 5.52 Å². The molecule has 1 heterocycles. The van der Waals surface area contributed by atoms with Crippen LogP contribution in [0.2, 0.25) is 0 Å². The summed E-state index contributed by atoms with van der Waals surface area (Å²) in [6.07, 6.45) is 3.71. The van der Waals surface area contributed by atoms with Crippen LogP contribution in [0.4, 0.5) is 0 Å². The largest absolute Gasteiger partial charge is 0.326 e. The third-order valence-electron chi connectivity index (χ3n) is 3.70. The molecule has 0 atom stereocenters. The van der Waals surface area contributed by atoms with Gasteiger partial charge < -0.3 is 4.98 Å². The SMILES string of the molecule is O=c1[nH]c(=O)c2cc(S(=O)(=O)NC3CCCC3)ccc2[nH]1. The van der Waals surface area contributed by atoms with E-state index < -0.39 is 21.3 Å². The van der Waals surface area contributed by atoms with Gasteiger partial charge in [-0.2, -0.15) is 0 Å². The van der Waals surface area contributed by atoms with Gasteiger partial charge in [0.05, 0.1) is 15.8 Å². The topological polar surface area (TPSA) is 112 Å². The minimum Gasteiger partial charge on any atom is -0.307 e. The molecular formula is C13H15N3O4S. The predicted octanol–water partition coefficient (Wildman–Crippen LogP) is 0.437. The predicted molar refractivity (Wildman–Crippen MR) is 77.8 cm³/mol. The number of sulfonamides is 1. The number of H-pyrrole nitrogens is 2. The number of nitrogens with one attached hydrogen (secondary N) is 3. The zero-order valence-electron chi connectivity index (χ0n) is 11.2. The molecule has 112 valence electrons. The summed E-state index contributed by atoms with van der Waals surface area (Å²) in [4.78, 5) is 27.5. The summed E-state index contributed by atoms with van der Waals surface area (Å²) in [5.41, 5.74) is -0.914. The Morgan fingerprint density at radius 1 is 1.10 bits per heavy atom. The first-order chi connectivity index (χ1) is 9.95. The maximum absolute atomic E-state index is 12.3. The van der Waals surface area contributed by atoms with Crippen molar-refractivity contribution in [3.63, 3.8) is 0 Å². The van der Waals surface area contributed by atoms with Crippen LogP contribution in [0, 0.1) is 0 Å². The normalized spacial score (nSPS) is 16.6. The van der Waals surface area contributed by atoms with Crippen LogP contribution in [-0.4, -0.2) is 24.4 Å². The number of aromatic nitrogens is 2. The lowest BCUT2D eigenvalue weighted by atomic mass is 10.2. The molecule has 1 aromatic carbocycles. The molecule has 8 heteroatoms. The van der Waals surface area contributed by atoms with Gasteiger partial charge in [-0.15, -0.1) is 0 Å². The van der Waals surface area contributed by atoms with Crippen molar-refractivity contribution < 1.29 is 8.42 Å². The molecular weight excluding hydrogens is 294 g/mol. The number of hydrogen-bond acceptors (Lipinski definition) is 4. The van der Waals surface area contributed by atoms with Crippen LogP contribution < -0.4 is 16.0 Å². The van der Waals surface area contributed by atoms with Crippen molar-refractivity contribution in [2.24, 2.45) is 0 Å². The zero-order chi connectivity index (χ0) is 15.0. The third kappa shape index (κ3) is 2.77. The molecule has 0 amide bonds. The molecule has 0 aliphatic heterocycles. The van der Waals surface area contributed by atoms with Gasteiger partial charge in [-0.1, -0.05) is 12.8 Å². The van der Waals surface area contributed by atoms with Crippen molar-refractivity contribution in [1.82, 2.24) is 14.7 Å². The minimum absolute atomic E-state index is 0.0273. The van der Waals surface area contributed by atoms with Crippen LogP contribution in [0.15, 0.2) is 32.7 Å². The fourth-order valence-electron chi connectivity index (χ4n) is 2.64. The first-order valence-corrected chi connectivity index (χ1v) is 8.23. The lowest BCUT2D eigenvalue weighted by molar-refractivity contribution is 0.552. The Kier molecular flexibility index (Phi) is 3.42. The zero-order valence-corrected chi connectivity index (χ0v) is 12.0. The average molecular weight is 309 g/mol. The summed E-state index contributed by atoms with van der Waals surface area (Å²) in [5.74, 6) is 0. The van der Waals surface area contributed by atoms with Gasteiger partial charge in [-0.3, -0.25) is 9.78 Å². The highest BCUT2D eigenvalue weighted by Gasteiger charge is 2.23. The van der Waals surface area contributed by atoms with Gasteiger partial charge >= 0.3 is 5.69 Å². The molecule has 7 nitrogen and oxygen atoms in total. The molecule has 1 saturated carbocycles. The van der Waals surface area contributed by atoms with E-state index in [-0.39, 0.29) is 16.3 Å². The second-order valence-corrected chi connectivity index (χ2v) is 6.93. The van der Waals surface area contributed by atoms with E-state index >= 15 is 0 Å². The molecule has 1 aliphatic rings. The second-order valence-electron chi connectivity index (χ2n) is 5.22. The average Bonchev–Trinajstić information content (AvgIpc) is 2.90. The Balaban J connectivity index is 2.04. The Hall–Kier alpha value is -1.93. The molecule has 0 spiro atoms. The molecule has 2 aromatic rings. The first kappa shape index (κ1) is 14.0. The maximum atomic E-state index is 12.3. The second kappa shape index (κ2) is 5.12. The highest BCUT2D eigenvalue weighted by molar-refractivity contribution is 7.89. The van der Waals surface area contributed by atoms with Crippen LogP contribution in [0.3, 0.4) is 0 Å². The number of fused-ring (bicyclic) bond motifs is 1. The summed E-state index contributed by atoms with van der Waals surface area (Å²) >= 11 is 0. The fraction of sp³-hybridized carbons (Fsp3) is 0.385. The first-order valence-electron chi connectivity index (χ1n) is 6.74. The summed E-state index contributed by atoms with van der Waals surface area (Å²) in [5, 5.41) is 0.142. The van der Waals surface area contributed by atoms with Crippen molar-refractivity contribution >= 4 is 20.9 Å². The summed E-state index contributed by atoms with van der Waals surface area (Å²) < 4.78 is 27.3. The van der Waals surface area contributed by atoms with E-state index in [1.807, 2.05) is 0 Å². The molecule has 3 rings (SSSR count). The van der Waals surface area contributed by atoms with Crippen molar-refractivity contribution in [1.29, 1.82) is 0 Å². The van der Waals surface area contributed by atoms with Gasteiger partial charge in [-0.25, -0.2) is 17.9 Å². The Morgan fingerprint density at radius 2 is 1.81 bits per heavy atom. The van der Waals surface area contributed by atoms with Crippen molar-refractivity contribution in [3.05, 3.63) is 39.0 Å². The molecule has 21 heavy (non-hydrogen) atoms. The van der Waals surface area contributed by atoms with E-state index in [2.05, 4.69) is 14.7 Å². The number of rotatable bonds is 3. The number of benzene rings is 1. The van der Waals surface area contributed by atoms with Gasteiger partial charge in [0.1, 0.15) is 0 Å². The molecule has 1 aliphatic carbocycles. The van der Waals surface area contributed by atoms with Crippen LogP contribution >= 0.6 is 0 Å². The molecule has 1 aromatic heterocycles. The number of aromatic amines is 2. The van der Waals surface area contributed by atoms with E-state index in [0.717, 1.165) is 25.7 Å². The third-order valence-corrected chi connectivity index (χ3v) is 5.22. The van der Waals surface area contributed by atoms with Gasteiger partial charge in [0.15, 0.2) is 0 Å². The monoisotopic (exact) mass is 309 g/mol. The minimum atomic E-state index is -3.66. The van der Waals surface area contributed by atoms with Crippen molar-refractivity contribution in [3.8, 4) is 0 Å². The summed E-state index contributed by atoms with van der Waals surface area (Å²) in [7, 11) is -3.66. The Morgan fingerprint density at radius 3 is 2.52 bits per heavy atom.